The minimum atomic E-state index is 0.682. The van der Waals surface area contributed by atoms with Gasteiger partial charge in [0.05, 0.1) is 0 Å². The van der Waals surface area contributed by atoms with Gasteiger partial charge in [-0.25, -0.2) is 9.97 Å². The van der Waals surface area contributed by atoms with Gasteiger partial charge < -0.3 is 10.6 Å². The lowest BCUT2D eigenvalue weighted by molar-refractivity contribution is 0.458. The van der Waals surface area contributed by atoms with Crippen molar-refractivity contribution in [2.24, 2.45) is 0 Å². The maximum Gasteiger partial charge on any atom is 0.222 e. The van der Waals surface area contributed by atoms with E-state index in [2.05, 4.69) is 20.6 Å². The topological polar surface area (TPSA) is 49.8 Å². The van der Waals surface area contributed by atoms with Gasteiger partial charge in [0.25, 0.3) is 0 Å². The monoisotopic (exact) mass is 234 g/mol. The van der Waals surface area contributed by atoms with Crippen molar-refractivity contribution in [1.82, 2.24) is 15.3 Å². The summed E-state index contributed by atoms with van der Waals surface area (Å²) in [6.07, 6.45) is 12.0. The van der Waals surface area contributed by atoms with E-state index in [9.17, 15) is 0 Å². The third-order valence-corrected chi connectivity index (χ3v) is 3.38. The number of nitrogens with one attached hydrogen (secondary N) is 2. The second-order valence-corrected chi connectivity index (χ2v) is 4.73. The minimum absolute atomic E-state index is 0.682. The molecule has 0 atom stereocenters. The van der Waals surface area contributed by atoms with Crippen molar-refractivity contribution < 1.29 is 0 Å². The van der Waals surface area contributed by atoms with Crippen LogP contribution in [0.2, 0.25) is 0 Å². The van der Waals surface area contributed by atoms with E-state index in [-0.39, 0.29) is 0 Å². The van der Waals surface area contributed by atoms with Gasteiger partial charge in [-0.05, 0) is 12.8 Å². The Kier molecular flexibility index (Phi) is 4.74. The summed E-state index contributed by atoms with van der Waals surface area (Å²) in [5.74, 6) is 0.684. The minimum Gasteiger partial charge on any atom is -0.357 e. The Morgan fingerprint density at radius 1 is 1.12 bits per heavy atom. The van der Waals surface area contributed by atoms with Gasteiger partial charge in [0.1, 0.15) is 0 Å². The third-order valence-electron chi connectivity index (χ3n) is 3.38. The molecular weight excluding hydrogens is 212 g/mol. The summed E-state index contributed by atoms with van der Waals surface area (Å²) in [6.45, 7) is 0.884. The zero-order valence-electron chi connectivity index (χ0n) is 10.6. The average Bonchev–Trinajstić information content (AvgIpc) is 2.65. The van der Waals surface area contributed by atoms with Crippen molar-refractivity contribution in [3.63, 3.8) is 0 Å². The van der Waals surface area contributed by atoms with Gasteiger partial charge in [-0.2, -0.15) is 0 Å². The molecule has 4 nitrogen and oxygen atoms in total. The molecule has 1 aliphatic rings. The molecule has 0 bridgehead atoms. The molecule has 1 aromatic heterocycles. The highest BCUT2D eigenvalue weighted by molar-refractivity contribution is 5.23. The lowest BCUT2D eigenvalue weighted by Crippen LogP contribution is -2.27. The molecule has 0 radical (unpaired) electrons. The normalized spacial score (nSPS) is 17.7. The van der Waals surface area contributed by atoms with Gasteiger partial charge in [0, 0.05) is 37.6 Å². The third kappa shape index (κ3) is 3.97. The fraction of sp³-hybridized carbons (Fsp3) is 0.692. The highest BCUT2D eigenvalue weighted by atomic mass is 15.1. The predicted octanol–water partition coefficient (Wildman–Crippen LogP) is 2.33. The van der Waals surface area contributed by atoms with Crippen LogP contribution in [0, 0.1) is 0 Å². The summed E-state index contributed by atoms with van der Waals surface area (Å²) < 4.78 is 0. The summed E-state index contributed by atoms with van der Waals surface area (Å²) >= 11 is 0. The molecule has 1 aromatic rings. The standard InChI is InChI=1S/C13H22N4/c1-14-13-16-9-11(10-17-13)8-15-12-6-4-2-3-5-7-12/h9-10,12,15H,2-8H2,1H3,(H,14,16,17). The molecule has 1 saturated carbocycles. The molecule has 2 rings (SSSR count). The number of nitrogens with zero attached hydrogens (tertiary/aromatic N) is 2. The van der Waals surface area contributed by atoms with Crippen LogP contribution in [-0.2, 0) is 6.54 Å². The number of hydrogen-bond donors (Lipinski definition) is 2. The maximum atomic E-state index is 4.22. The molecule has 1 fully saturated rings. The van der Waals surface area contributed by atoms with Crippen molar-refractivity contribution >= 4 is 5.95 Å². The Balaban J connectivity index is 1.79. The Morgan fingerprint density at radius 3 is 2.35 bits per heavy atom. The van der Waals surface area contributed by atoms with Gasteiger partial charge in [-0.1, -0.05) is 25.7 Å². The SMILES string of the molecule is CNc1ncc(CNC2CCCCCC2)cn1. The smallest absolute Gasteiger partial charge is 0.222 e. The van der Waals surface area contributed by atoms with Crippen molar-refractivity contribution in [3.05, 3.63) is 18.0 Å². The summed E-state index contributed by atoms with van der Waals surface area (Å²) in [5.41, 5.74) is 1.16. The summed E-state index contributed by atoms with van der Waals surface area (Å²) in [6, 6.07) is 0.682. The Hall–Kier alpha value is -1.16. The zero-order chi connectivity index (χ0) is 11.9. The summed E-state index contributed by atoms with van der Waals surface area (Å²) in [5, 5.41) is 6.54. The zero-order valence-corrected chi connectivity index (χ0v) is 10.6. The van der Waals surface area contributed by atoms with E-state index in [4.69, 9.17) is 0 Å². The Morgan fingerprint density at radius 2 is 1.76 bits per heavy atom. The predicted molar refractivity (Wildman–Crippen MR) is 69.9 cm³/mol. The van der Waals surface area contributed by atoms with Gasteiger partial charge in [-0.15, -0.1) is 0 Å². The first-order valence-corrected chi connectivity index (χ1v) is 6.60. The van der Waals surface area contributed by atoms with Gasteiger partial charge >= 0.3 is 0 Å². The molecule has 0 aliphatic heterocycles. The van der Waals surface area contributed by atoms with Crippen LogP contribution in [0.4, 0.5) is 5.95 Å². The maximum absolute atomic E-state index is 4.22. The van der Waals surface area contributed by atoms with E-state index in [1.807, 2.05) is 19.4 Å². The van der Waals surface area contributed by atoms with E-state index in [1.54, 1.807) is 0 Å². The molecule has 0 saturated heterocycles. The van der Waals surface area contributed by atoms with Gasteiger partial charge in [0.15, 0.2) is 0 Å². The quantitative estimate of drug-likeness (QED) is 0.785. The van der Waals surface area contributed by atoms with E-state index in [1.165, 1.54) is 38.5 Å². The van der Waals surface area contributed by atoms with E-state index in [0.29, 0.717) is 12.0 Å². The molecule has 17 heavy (non-hydrogen) atoms. The average molecular weight is 234 g/mol. The summed E-state index contributed by atoms with van der Waals surface area (Å²) in [4.78, 5) is 8.43. The van der Waals surface area contributed by atoms with Crippen molar-refractivity contribution in [2.75, 3.05) is 12.4 Å². The number of aromatic nitrogens is 2. The van der Waals surface area contributed by atoms with Gasteiger partial charge in [0.2, 0.25) is 5.95 Å². The van der Waals surface area contributed by atoms with E-state index < -0.39 is 0 Å². The van der Waals surface area contributed by atoms with Crippen LogP contribution in [0.25, 0.3) is 0 Å². The molecule has 1 aliphatic carbocycles. The van der Waals surface area contributed by atoms with E-state index >= 15 is 0 Å². The lowest BCUT2D eigenvalue weighted by Gasteiger charge is -2.15. The first-order chi connectivity index (χ1) is 8.38. The van der Waals surface area contributed by atoms with Crippen LogP contribution in [-0.4, -0.2) is 23.1 Å². The number of hydrogen-bond acceptors (Lipinski definition) is 4. The molecule has 94 valence electrons. The Labute approximate surface area is 103 Å². The van der Waals surface area contributed by atoms with Gasteiger partial charge in [-0.3, -0.25) is 0 Å². The largest absolute Gasteiger partial charge is 0.357 e. The molecule has 4 heteroatoms. The molecule has 0 amide bonds. The highest BCUT2D eigenvalue weighted by Crippen LogP contribution is 2.17. The molecule has 0 unspecified atom stereocenters. The molecule has 2 N–H and O–H groups in total. The Bertz CT molecular complexity index is 315. The molecule has 1 heterocycles. The van der Waals surface area contributed by atoms with E-state index in [0.717, 1.165) is 12.1 Å². The first-order valence-electron chi connectivity index (χ1n) is 6.60. The molecule has 0 aromatic carbocycles. The second kappa shape index (κ2) is 6.55. The van der Waals surface area contributed by atoms with Crippen LogP contribution in [0.3, 0.4) is 0 Å². The first kappa shape index (κ1) is 12.3. The summed E-state index contributed by atoms with van der Waals surface area (Å²) in [7, 11) is 1.83. The molecular formula is C13H22N4. The van der Waals surface area contributed by atoms with Crippen molar-refractivity contribution in [1.29, 1.82) is 0 Å². The fourth-order valence-corrected chi connectivity index (χ4v) is 2.32. The highest BCUT2D eigenvalue weighted by Gasteiger charge is 2.11. The van der Waals surface area contributed by atoms with Crippen molar-refractivity contribution in [2.45, 2.75) is 51.1 Å². The number of rotatable bonds is 4. The second-order valence-electron chi connectivity index (χ2n) is 4.73. The molecule has 0 spiro atoms. The van der Waals surface area contributed by atoms with Crippen LogP contribution in [0.5, 0.6) is 0 Å². The van der Waals surface area contributed by atoms with Crippen LogP contribution in [0.15, 0.2) is 12.4 Å². The fourth-order valence-electron chi connectivity index (χ4n) is 2.32. The van der Waals surface area contributed by atoms with Crippen LogP contribution in [0.1, 0.15) is 44.1 Å². The van der Waals surface area contributed by atoms with Crippen LogP contribution >= 0.6 is 0 Å². The number of anilines is 1. The lowest BCUT2D eigenvalue weighted by atomic mass is 10.1. The van der Waals surface area contributed by atoms with Crippen molar-refractivity contribution in [3.8, 4) is 0 Å². The van der Waals surface area contributed by atoms with Crippen LogP contribution < -0.4 is 10.6 Å².